The van der Waals surface area contributed by atoms with E-state index in [0.29, 0.717) is 5.56 Å². The monoisotopic (exact) mass is 389 g/mol. The van der Waals surface area contributed by atoms with Crippen molar-refractivity contribution in [3.8, 4) is 5.69 Å². The van der Waals surface area contributed by atoms with Gasteiger partial charge in [-0.1, -0.05) is 30.3 Å². The average molecular weight is 389 g/mol. The van der Waals surface area contributed by atoms with Gasteiger partial charge in [-0.15, -0.1) is 0 Å². The van der Waals surface area contributed by atoms with Gasteiger partial charge in [-0.3, -0.25) is 9.59 Å². The number of amides is 1. The zero-order chi connectivity index (χ0) is 20.1. The summed E-state index contributed by atoms with van der Waals surface area (Å²) in [6.45, 7) is 1.85. The van der Waals surface area contributed by atoms with Gasteiger partial charge in [0.15, 0.2) is 0 Å². The van der Waals surface area contributed by atoms with Crippen LogP contribution in [0.1, 0.15) is 34.3 Å². The van der Waals surface area contributed by atoms with E-state index in [-0.39, 0.29) is 24.9 Å². The lowest BCUT2D eigenvalue weighted by Crippen LogP contribution is -2.27. The number of nitrogens with zero attached hydrogens (tertiary/aromatic N) is 3. The van der Waals surface area contributed by atoms with E-state index in [9.17, 15) is 9.59 Å². The molecule has 0 saturated carbocycles. The van der Waals surface area contributed by atoms with Crippen LogP contribution in [0.5, 0.6) is 0 Å². The van der Waals surface area contributed by atoms with Gasteiger partial charge in [0.2, 0.25) is 0 Å². The third kappa shape index (κ3) is 4.71. The number of benzene rings is 2. The molecule has 2 aromatic carbocycles. The molecule has 0 bridgehead atoms. The van der Waals surface area contributed by atoms with Crippen molar-refractivity contribution < 1.29 is 14.3 Å². The maximum Gasteiger partial charge on any atom is 0.310 e. The minimum absolute atomic E-state index is 0.0708. The van der Waals surface area contributed by atoms with E-state index in [0.717, 1.165) is 42.7 Å². The zero-order valence-electron chi connectivity index (χ0n) is 16.2. The fraction of sp³-hybridized carbons (Fsp3) is 0.261. The lowest BCUT2D eigenvalue weighted by atomic mass is 10.1. The van der Waals surface area contributed by atoms with Crippen LogP contribution in [0.2, 0.25) is 0 Å². The van der Waals surface area contributed by atoms with Gasteiger partial charge < -0.3 is 9.64 Å². The maximum atomic E-state index is 12.4. The van der Waals surface area contributed by atoms with Gasteiger partial charge >= 0.3 is 5.97 Å². The molecule has 1 fully saturated rings. The Balaban J connectivity index is 1.28. The van der Waals surface area contributed by atoms with E-state index in [4.69, 9.17) is 4.74 Å². The molecule has 3 aromatic rings. The molecule has 2 heterocycles. The Morgan fingerprint density at radius 1 is 0.931 bits per heavy atom. The predicted octanol–water partition coefficient (Wildman–Crippen LogP) is 3.39. The van der Waals surface area contributed by atoms with Crippen LogP contribution in [0.4, 0.5) is 0 Å². The van der Waals surface area contributed by atoms with Crippen molar-refractivity contribution in [1.82, 2.24) is 14.7 Å². The number of hydrogen-bond donors (Lipinski definition) is 0. The van der Waals surface area contributed by atoms with Crippen molar-refractivity contribution in [2.45, 2.75) is 25.9 Å². The van der Waals surface area contributed by atoms with Crippen molar-refractivity contribution in [3.63, 3.8) is 0 Å². The molecule has 1 amide bonds. The fourth-order valence-electron chi connectivity index (χ4n) is 3.40. The second-order valence-corrected chi connectivity index (χ2v) is 7.16. The number of ether oxygens (including phenoxy) is 1. The summed E-state index contributed by atoms with van der Waals surface area (Å²) in [6, 6.07) is 17.0. The molecule has 29 heavy (non-hydrogen) atoms. The minimum Gasteiger partial charge on any atom is -0.461 e. The summed E-state index contributed by atoms with van der Waals surface area (Å²) in [6.07, 6.45) is 5.81. The maximum absolute atomic E-state index is 12.4. The Hall–Kier alpha value is -3.41. The van der Waals surface area contributed by atoms with Gasteiger partial charge in [0.25, 0.3) is 5.91 Å². The number of para-hydroxylation sites is 1. The number of aromatic nitrogens is 2. The van der Waals surface area contributed by atoms with E-state index >= 15 is 0 Å². The zero-order valence-corrected chi connectivity index (χ0v) is 16.2. The van der Waals surface area contributed by atoms with Crippen LogP contribution in [0, 0.1) is 0 Å². The van der Waals surface area contributed by atoms with Crippen LogP contribution in [0.3, 0.4) is 0 Å². The van der Waals surface area contributed by atoms with Crippen LogP contribution in [-0.2, 0) is 22.6 Å². The van der Waals surface area contributed by atoms with E-state index in [1.54, 1.807) is 23.0 Å². The van der Waals surface area contributed by atoms with Crippen LogP contribution < -0.4 is 0 Å². The largest absolute Gasteiger partial charge is 0.461 e. The van der Waals surface area contributed by atoms with Crippen LogP contribution >= 0.6 is 0 Å². The summed E-state index contributed by atoms with van der Waals surface area (Å²) < 4.78 is 7.11. The Labute approximate surface area is 169 Å². The molecule has 1 aromatic heterocycles. The Morgan fingerprint density at radius 3 is 2.38 bits per heavy atom. The second kappa shape index (κ2) is 8.73. The van der Waals surface area contributed by atoms with Crippen molar-refractivity contribution in [2.24, 2.45) is 0 Å². The normalized spacial score (nSPS) is 13.4. The summed E-state index contributed by atoms with van der Waals surface area (Å²) in [7, 11) is 0. The van der Waals surface area contributed by atoms with Gasteiger partial charge in [-0.2, -0.15) is 5.10 Å². The molecular weight excluding hydrogens is 366 g/mol. The van der Waals surface area contributed by atoms with Gasteiger partial charge in [0, 0.05) is 30.4 Å². The van der Waals surface area contributed by atoms with Crippen LogP contribution in [-0.4, -0.2) is 39.6 Å². The van der Waals surface area contributed by atoms with E-state index < -0.39 is 0 Å². The van der Waals surface area contributed by atoms with E-state index in [1.807, 2.05) is 53.6 Å². The topological polar surface area (TPSA) is 64.4 Å². The molecule has 6 nitrogen and oxygen atoms in total. The Kier molecular flexibility index (Phi) is 5.70. The van der Waals surface area contributed by atoms with Crippen molar-refractivity contribution in [3.05, 3.63) is 83.7 Å². The van der Waals surface area contributed by atoms with Crippen LogP contribution in [0.25, 0.3) is 5.69 Å². The third-order valence-electron chi connectivity index (χ3n) is 5.00. The molecule has 6 heteroatoms. The molecule has 0 atom stereocenters. The SMILES string of the molecule is O=C(Cc1cnn(-c2ccccc2)c1)OCc1ccc(C(=O)N2CCCC2)cc1. The molecular formula is C23H23N3O3. The highest BCUT2D eigenvalue weighted by Gasteiger charge is 2.19. The first-order valence-electron chi connectivity index (χ1n) is 9.82. The summed E-state index contributed by atoms with van der Waals surface area (Å²) in [5.74, 6) is -0.240. The quantitative estimate of drug-likeness (QED) is 0.606. The number of hydrogen-bond acceptors (Lipinski definition) is 4. The molecule has 148 valence electrons. The van der Waals surface area contributed by atoms with Gasteiger partial charge in [0.1, 0.15) is 6.61 Å². The third-order valence-corrected chi connectivity index (χ3v) is 5.00. The van der Waals surface area contributed by atoms with Gasteiger partial charge in [-0.05, 0) is 42.7 Å². The Bertz CT molecular complexity index is 974. The van der Waals surface area contributed by atoms with Crippen molar-refractivity contribution >= 4 is 11.9 Å². The van der Waals surface area contributed by atoms with Gasteiger partial charge in [-0.25, -0.2) is 4.68 Å². The number of likely N-dealkylation sites (tertiary alicyclic amines) is 1. The molecule has 0 N–H and O–H groups in total. The predicted molar refractivity (Wildman–Crippen MR) is 109 cm³/mol. The van der Waals surface area contributed by atoms with E-state index in [1.165, 1.54) is 0 Å². The van der Waals surface area contributed by atoms with Crippen molar-refractivity contribution in [1.29, 1.82) is 0 Å². The molecule has 0 radical (unpaired) electrons. The highest BCUT2D eigenvalue weighted by atomic mass is 16.5. The lowest BCUT2D eigenvalue weighted by molar-refractivity contribution is -0.144. The first kappa shape index (κ1) is 18.9. The molecule has 0 unspecified atom stereocenters. The molecule has 1 saturated heterocycles. The number of carbonyl (C=O) groups is 2. The molecule has 1 aliphatic heterocycles. The van der Waals surface area contributed by atoms with Crippen LogP contribution in [0.15, 0.2) is 67.0 Å². The first-order valence-corrected chi connectivity index (χ1v) is 9.82. The standard InChI is InChI=1S/C23H23N3O3/c27-22(14-19-15-24-26(16-19)21-6-2-1-3-7-21)29-17-18-8-10-20(11-9-18)23(28)25-12-4-5-13-25/h1-3,6-11,15-16H,4-5,12-14,17H2. The summed E-state index contributed by atoms with van der Waals surface area (Å²) in [5.41, 5.74) is 3.27. The summed E-state index contributed by atoms with van der Waals surface area (Å²) >= 11 is 0. The molecule has 1 aliphatic rings. The lowest BCUT2D eigenvalue weighted by Gasteiger charge is -2.15. The fourth-order valence-corrected chi connectivity index (χ4v) is 3.40. The molecule has 0 aliphatic carbocycles. The number of carbonyl (C=O) groups excluding carboxylic acids is 2. The number of rotatable bonds is 6. The molecule has 4 rings (SSSR count). The minimum atomic E-state index is -0.310. The highest BCUT2D eigenvalue weighted by Crippen LogP contribution is 2.14. The second-order valence-electron chi connectivity index (χ2n) is 7.16. The number of esters is 1. The van der Waals surface area contributed by atoms with E-state index in [2.05, 4.69) is 5.10 Å². The van der Waals surface area contributed by atoms with Gasteiger partial charge in [0.05, 0.1) is 18.3 Å². The summed E-state index contributed by atoms with van der Waals surface area (Å²) in [5, 5.41) is 4.29. The highest BCUT2D eigenvalue weighted by molar-refractivity contribution is 5.94. The smallest absolute Gasteiger partial charge is 0.310 e. The first-order chi connectivity index (χ1) is 14.2. The Morgan fingerprint density at radius 2 is 1.66 bits per heavy atom. The molecule has 0 spiro atoms. The van der Waals surface area contributed by atoms with Crippen molar-refractivity contribution in [2.75, 3.05) is 13.1 Å². The average Bonchev–Trinajstić information content (AvgIpc) is 3.45. The summed E-state index contributed by atoms with van der Waals surface area (Å²) in [4.78, 5) is 26.4.